The molecule has 0 N–H and O–H groups in total. The Labute approximate surface area is 352 Å². The normalized spacial score (nSPS) is 11.9. The highest BCUT2D eigenvalue weighted by atomic mass is 15.0. The molecule has 0 saturated carbocycles. The van der Waals surface area contributed by atoms with Crippen LogP contribution < -0.4 is 0 Å². The van der Waals surface area contributed by atoms with Gasteiger partial charge in [-0.25, -0.2) is 0 Å². The number of aromatic nitrogens is 3. The molecular weight excluding hydrogens is 739 g/mol. The molecule has 0 atom stereocenters. The molecule has 284 valence electrons. The van der Waals surface area contributed by atoms with Crippen molar-refractivity contribution >= 4 is 76.2 Å². The summed E-state index contributed by atoms with van der Waals surface area (Å²) >= 11 is 0. The van der Waals surface area contributed by atoms with Crippen LogP contribution in [0.15, 0.2) is 224 Å². The van der Waals surface area contributed by atoms with Gasteiger partial charge in [-0.15, -0.1) is 0 Å². The largest absolute Gasteiger partial charge is 0.309 e. The Hall–Kier alpha value is -8.14. The van der Waals surface area contributed by atoms with Crippen molar-refractivity contribution in [3.05, 3.63) is 224 Å². The molecule has 3 heteroatoms. The minimum Gasteiger partial charge on any atom is -0.309 e. The van der Waals surface area contributed by atoms with E-state index in [1.165, 1.54) is 104 Å². The summed E-state index contributed by atoms with van der Waals surface area (Å²) in [5.41, 5.74) is 15.5. The summed E-state index contributed by atoms with van der Waals surface area (Å²) in [6, 6.07) is 82.3. The molecule has 0 aliphatic rings. The Morgan fingerprint density at radius 2 is 0.607 bits per heavy atom. The lowest BCUT2D eigenvalue weighted by Gasteiger charge is -2.11. The third-order valence-corrected chi connectivity index (χ3v) is 12.8. The quantitative estimate of drug-likeness (QED) is 0.165. The van der Waals surface area contributed by atoms with Gasteiger partial charge >= 0.3 is 0 Å². The van der Waals surface area contributed by atoms with Crippen molar-refractivity contribution in [2.75, 3.05) is 0 Å². The predicted octanol–water partition coefficient (Wildman–Crippen LogP) is 15.5. The first-order chi connectivity index (χ1) is 30.2. The van der Waals surface area contributed by atoms with Crippen LogP contribution in [0.4, 0.5) is 0 Å². The van der Waals surface area contributed by atoms with Gasteiger partial charge in [-0.2, -0.15) is 0 Å². The molecule has 3 nitrogen and oxygen atoms in total. The zero-order valence-electron chi connectivity index (χ0n) is 33.2. The molecule has 13 aromatic rings. The van der Waals surface area contributed by atoms with E-state index in [-0.39, 0.29) is 0 Å². The van der Waals surface area contributed by atoms with Crippen molar-refractivity contribution in [2.24, 2.45) is 0 Å². The highest BCUT2D eigenvalue weighted by molar-refractivity contribution is 6.20. The maximum atomic E-state index is 2.46. The molecule has 0 saturated heterocycles. The molecular formula is C58H37N3. The number of benzene rings is 10. The molecule has 0 spiro atoms. The molecule has 0 radical (unpaired) electrons. The van der Waals surface area contributed by atoms with Gasteiger partial charge in [0.15, 0.2) is 0 Å². The van der Waals surface area contributed by atoms with Crippen LogP contribution in [0.3, 0.4) is 0 Å². The van der Waals surface area contributed by atoms with E-state index in [2.05, 4.69) is 238 Å². The van der Waals surface area contributed by atoms with Gasteiger partial charge in [0.1, 0.15) is 0 Å². The summed E-state index contributed by atoms with van der Waals surface area (Å²) in [4.78, 5) is 0. The number of rotatable bonds is 5. The van der Waals surface area contributed by atoms with Crippen LogP contribution >= 0.6 is 0 Å². The van der Waals surface area contributed by atoms with E-state index in [4.69, 9.17) is 0 Å². The van der Waals surface area contributed by atoms with E-state index in [9.17, 15) is 0 Å². The maximum Gasteiger partial charge on any atom is 0.0548 e. The van der Waals surface area contributed by atoms with E-state index in [0.717, 1.165) is 11.4 Å². The zero-order valence-corrected chi connectivity index (χ0v) is 33.2. The van der Waals surface area contributed by atoms with Crippen LogP contribution in [0.25, 0.3) is 116 Å². The number of nitrogens with zero attached hydrogens (tertiary/aromatic N) is 3. The van der Waals surface area contributed by atoms with Crippen LogP contribution in [0, 0.1) is 0 Å². The fourth-order valence-corrected chi connectivity index (χ4v) is 9.97. The van der Waals surface area contributed by atoms with Crippen LogP contribution in [0.5, 0.6) is 0 Å². The Bertz CT molecular complexity index is 3850. The molecule has 10 aromatic carbocycles. The van der Waals surface area contributed by atoms with Gasteiger partial charge in [0.2, 0.25) is 0 Å². The second kappa shape index (κ2) is 13.2. The van der Waals surface area contributed by atoms with Crippen molar-refractivity contribution < 1.29 is 0 Å². The van der Waals surface area contributed by atoms with Crippen molar-refractivity contribution in [3.63, 3.8) is 0 Å². The van der Waals surface area contributed by atoms with Crippen molar-refractivity contribution in [2.45, 2.75) is 0 Å². The van der Waals surface area contributed by atoms with Crippen LogP contribution in [0.2, 0.25) is 0 Å². The van der Waals surface area contributed by atoms with Gasteiger partial charge in [0, 0.05) is 49.4 Å². The van der Waals surface area contributed by atoms with Gasteiger partial charge in [-0.3, -0.25) is 0 Å². The number of hydrogen-bond donors (Lipinski definition) is 0. The summed E-state index contributed by atoms with van der Waals surface area (Å²) in [7, 11) is 0. The Morgan fingerprint density at radius 1 is 0.197 bits per heavy atom. The smallest absolute Gasteiger partial charge is 0.0548 e. The van der Waals surface area contributed by atoms with Gasteiger partial charge < -0.3 is 13.7 Å². The first-order valence-corrected chi connectivity index (χ1v) is 21.0. The van der Waals surface area contributed by atoms with E-state index < -0.39 is 0 Å². The van der Waals surface area contributed by atoms with Crippen molar-refractivity contribution in [1.82, 2.24) is 13.7 Å². The van der Waals surface area contributed by atoms with Gasteiger partial charge in [0.05, 0.1) is 33.1 Å². The summed E-state index contributed by atoms with van der Waals surface area (Å²) < 4.78 is 7.29. The summed E-state index contributed by atoms with van der Waals surface area (Å²) in [6.45, 7) is 0. The van der Waals surface area contributed by atoms with Gasteiger partial charge in [0.25, 0.3) is 0 Å². The second-order valence-corrected chi connectivity index (χ2v) is 16.2. The van der Waals surface area contributed by atoms with Gasteiger partial charge in [-0.05, 0) is 118 Å². The lowest BCUT2D eigenvalue weighted by atomic mass is 10.00. The van der Waals surface area contributed by atoms with Crippen LogP contribution in [-0.2, 0) is 0 Å². The zero-order chi connectivity index (χ0) is 40.0. The SMILES string of the molecule is c1ccc(-c2ccc(-n3c4ccc(-c5ccc6c(c5)c5ccccc5n6-c5ccc6ccccc6c5)cc4c4cc5c(cc43)c3ccccc3n5-c3ccccc3)cc2)cc1. The molecule has 0 unspecified atom stereocenters. The maximum absolute atomic E-state index is 2.46. The Kier molecular flexibility index (Phi) is 7.31. The monoisotopic (exact) mass is 775 g/mol. The van der Waals surface area contributed by atoms with Gasteiger partial charge in [-0.1, -0.05) is 140 Å². The lowest BCUT2D eigenvalue weighted by Crippen LogP contribution is -1.95. The number of fused-ring (bicyclic) bond motifs is 10. The van der Waals surface area contributed by atoms with Crippen molar-refractivity contribution in [3.8, 4) is 39.3 Å². The average Bonchev–Trinajstić information content (AvgIpc) is 3.96. The first kappa shape index (κ1) is 33.8. The van der Waals surface area contributed by atoms with Crippen LogP contribution in [-0.4, -0.2) is 13.7 Å². The fourth-order valence-electron chi connectivity index (χ4n) is 9.97. The average molecular weight is 776 g/mol. The highest BCUT2D eigenvalue weighted by Crippen LogP contribution is 2.42. The molecule has 0 bridgehead atoms. The third kappa shape index (κ3) is 5.17. The molecule has 0 amide bonds. The fraction of sp³-hybridized carbons (Fsp3) is 0. The summed E-state index contributed by atoms with van der Waals surface area (Å²) in [6.07, 6.45) is 0. The molecule has 0 aliphatic carbocycles. The molecule has 3 aromatic heterocycles. The van der Waals surface area contributed by atoms with E-state index in [0.29, 0.717) is 0 Å². The topological polar surface area (TPSA) is 14.8 Å². The second-order valence-electron chi connectivity index (χ2n) is 16.2. The molecule has 0 fully saturated rings. The molecule has 0 aliphatic heterocycles. The van der Waals surface area contributed by atoms with Crippen molar-refractivity contribution in [1.29, 1.82) is 0 Å². The minimum absolute atomic E-state index is 1.14. The summed E-state index contributed by atoms with van der Waals surface area (Å²) in [5.74, 6) is 0. The van der Waals surface area contributed by atoms with Crippen LogP contribution in [0.1, 0.15) is 0 Å². The standard InChI is InChI=1S/C58H37N3/c1-3-13-38(14-4-1)40-23-28-45(29-24-40)60-56-32-27-43(35-50(56)52-37-57-51(36-58(52)60)48-20-10-11-21-53(48)59(57)44-17-5-2-6-18-44)42-26-31-55-49(34-42)47-19-9-12-22-54(47)61(55)46-30-25-39-15-7-8-16-41(39)33-46/h1-37H. The first-order valence-electron chi connectivity index (χ1n) is 21.0. The molecule has 3 heterocycles. The highest BCUT2D eigenvalue weighted by Gasteiger charge is 2.20. The minimum atomic E-state index is 1.14. The van der Waals surface area contributed by atoms with E-state index in [1.807, 2.05) is 0 Å². The Balaban J connectivity index is 1.04. The molecule has 61 heavy (non-hydrogen) atoms. The lowest BCUT2D eigenvalue weighted by molar-refractivity contribution is 1.17. The van der Waals surface area contributed by atoms with E-state index >= 15 is 0 Å². The van der Waals surface area contributed by atoms with E-state index in [1.54, 1.807) is 0 Å². The molecule has 13 rings (SSSR count). The number of hydrogen-bond acceptors (Lipinski definition) is 0. The summed E-state index contributed by atoms with van der Waals surface area (Å²) in [5, 5.41) is 9.93. The third-order valence-electron chi connectivity index (χ3n) is 12.8. The predicted molar refractivity (Wildman–Crippen MR) is 258 cm³/mol. The number of para-hydroxylation sites is 3. The Morgan fingerprint density at radius 3 is 1.25 bits per heavy atom.